The van der Waals surface area contributed by atoms with Crippen LogP contribution in [0.3, 0.4) is 0 Å². The van der Waals surface area contributed by atoms with Gasteiger partial charge in [-0.15, -0.1) is 0 Å². The van der Waals surface area contributed by atoms with E-state index in [9.17, 15) is 9.18 Å². The average Bonchev–Trinajstić information content (AvgIpc) is 2.72. The van der Waals surface area contributed by atoms with Crippen molar-refractivity contribution in [2.45, 2.75) is 33.2 Å². The Morgan fingerprint density at radius 1 is 0.964 bits per heavy atom. The normalized spacial score (nSPS) is 11.2. The highest BCUT2D eigenvalue weighted by atomic mass is 19.1. The number of rotatable bonds is 9. The molecule has 0 aliphatic carbocycles. The van der Waals surface area contributed by atoms with Crippen LogP contribution in [0.4, 0.5) is 4.39 Å². The number of benzene rings is 2. The molecule has 0 bridgehead atoms. The summed E-state index contributed by atoms with van der Waals surface area (Å²) in [7, 11) is 0. The zero-order valence-electron chi connectivity index (χ0n) is 16.6. The third-order valence-corrected chi connectivity index (χ3v) is 4.11. The maximum atomic E-state index is 13.0. The highest BCUT2D eigenvalue weighted by Gasteiger charge is 2.05. The zero-order valence-corrected chi connectivity index (χ0v) is 16.6. The molecule has 0 saturated heterocycles. The zero-order chi connectivity index (χ0) is 20.2. The molecule has 0 atom stereocenters. The molecule has 0 spiro atoms. The summed E-state index contributed by atoms with van der Waals surface area (Å²) < 4.78 is 13.0. The van der Waals surface area contributed by atoms with Gasteiger partial charge in [0.25, 0.3) is 5.91 Å². The second kappa shape index (κ2) is 11.7. The lowest BCUT2D eigenvalue weighted by molar-refractivity contribution is 0.0953. The predicted molar refractivity (Wildman–Crippen MR) is 112 cm³/mol. The number of nitrogens with zero attached hydrogens (tertiary/aromatic N) is 1. The van der Waals surface area contributed by atoms with E-state index in [1.807, 2.05) is 38.1 Å². The minimum atomic E-state index is -0.225. The Morgan fingerprint density at radius 3 is 2.46 bits per heavy atom. The van der Waals surface area contributed by atoms with Crippen LogP contribution in [0.1, 0.15) is 41.8 Å². The molecule has 0 aliphatic heterocycles. The van der Waals surface area contributed by atoms with Gasteiger partial charge < -0.3 is 16.0 Å². The van der Waals surface area contributed by atoms with Crippen molar-refractivity contribution in [2.24, 2.45) is 4.99 Å². The van der Waals surface area contributed by atoms with Gasteiger partial charge in [0.2, 0.25) is 0 Å². The molecule has 0 aliphatic rings. The maximum absolute atomic E-state index is 13.0. The van der Waals surface area contributed by atoms with Crippen LogP contribution in [0.2, 0.25) is 0 Å². The fourth-order valence-electron chi connectivity index (χ4n) is 2.64. The molecular weight excluding hydrogens is 355 g/mol. The fourth-order valence-corrected chi connectivity index (χ4v) is 2.64. The van der Waals surface area contributed by atoms with Gasteiger partial charge in [-0.05, 0) is 55.2 Å². The van der Waals surface area contributed by atoms with Crippen LogP contribution in [0.15, 0.2) is 53.5 Å². The quantitative estimate of drug-likeness (QED) is 0.459. The lowest BCUT2D eigenvalue weighted by atomic mass is 10.1. The number of carbonyl (C=O) groups excluding carboxylic acids is 1. The Hall–Kier alpha value is -2.89. The van der Waals surface area contributed by atoms with Crippen LogP contribution in [0.25, 0.3) is 0 Å². The van der Waals surface area contributed by atoms with Gasteiger partial charge in [-0.3, -0.25) is 4.79 Å². The van der Waals surface area contributed by atoms with E-state index in [0.29, 0.717) is 31.2 Å². The van der Waals surface area contributed by atoms with Crippen molar-refractivity contribution in [1.82, 2.24) is 16.0 Å². The number of hydrogen-bond acceptors (Lipinski definition) is 2. The van der Waals surface area contributed by atoms with Crippen molar-refractivity contribution < 1.29 is 9.18 Å². The molecule has 0 fully saturated rings. The standard InChI is InChI=1S/C22H29FN4O/c1-3-13-25-21(28)19-7-5-6-18(15-19)16-27-22(24-4-2)26-14-12-17-8-10-20(23)11-9-17/h5-11,15H,3-4,12-14,16H2,1-2H3,(H,25,28)(H2,24,26,27). The number of carbonyl (C=O) groups is 1. The third kappa shape index (κ3) is 7.39. The van der Waals surface area contributed by atoms with Gasteiger partial charge in [-0.25, -0.2) is 9.38 Å². The van der Waals surface area contributed by atoms with Crippen LogP contribution >= 0.6 is 0 Å². The summed E-state index contributed by atoms with van der Waals surface area (Å²) in [6.07, 6.45) is 1.68. The molecule has 1 amide bonds. The second-order valence-corrected chi connectivity index (χ2v) is 6.45. The summed E-state index contributed by atoms with van der Waals surface area (Å²) in [5, 5.41) is 9.38. The molecule has 2 rings (SSSR count). The molecular formula is C22H29FN4O. The van der Waals surface area contributed by atoms with Gasteiger partial charge in [0, 0.05) is 25.2 Å². The Morgan fingerprint density at radius 2 is 1.75 bits per heavy atom. The first kappa shape index (κ1) is 21.4. The minimum absolute atomic E-state index is 0.0583. The summed E-state index contributed by atoms with van der Waals surface area (Å²) >= 11 is 0. The van der Waals surface area contributed by atoms with E-state index >= 15 is 0 Å². The first-order valence-corrected chi connectivity index (χ1v) is 9.76. The summed E-state index contributed by atoms with van der Waals surface area (Å²) in [5.74, 6) is 0.430. The number of guanidine groups is 1. The lowest BCUT2D eigenvalue weighted by Crippen LogP contribution is -2.38. The van der Waals surface area contributed by atoms with Crippen molar-refractivity contribution in [1.29, 1.82) is 0 Å². The van der Waals surface area contributed by atoms with E-state index in [-0.39, 0.29) is 11.7 Å². The van der Waals surface area contributed by atoms with E-state index in [2.05, 4.69) is 20.9 Å². The van der Waals surface area contributed by atoms with Gasteiger partial charge in [-0.2, -0.15) is 0 Å². The number of aliphatic imine (C=N–C) groups is 1. The maximum Gasteiger partial charge on any atom is 0.251 e. The van der Waals surface area contributed by atoms with Crippen LogP contribution < -0.4 is 16.0 Å². The summed E-state index contributed by atoms with van der Waals surface area (Å²) in [6.45, 7) is 6.62. The molecule has 2 aromatic carbocycles. The highest BCUT2D eigenvalue weighted by molar-refractivity contribution is 5.94. The third-order valence-electron chi connectivity index (χ3n) is 4.11. The average molecular weight is 384 g/mol. The predicted octanol–water partition coefficient (Wildman–Crippen LogP) is 3.26. The van der Waals surface area contributed by atoms with Gasteiger partial charge in [0.15, 0.2) is 5.96 Å². The van der Waals surface area contributed by atoms with Crippen molar-refractivity contribution in [3.63, 3.8) is 0 Å². The largest absolute Gasteiger partial charge is 0.357 e. The van der Waals surface area contributed by atoms with Crippen molar-refractivity contribution >= 4 is 11.9 Å². The molecule has 0 radical (unpaired) electrons. The number of amides is 1. The van der Waals surface area contributed by atoms with E-state index < -0.39 is 0 Å². The molecule has 5 nitrogen and oxygen atoms in total. The van der Waals surface area contributed by atoms with E-state index in [1.54, 1.807) is 12.1 Å². The number of hydrogen-bond donors (Lipinski definition) is 3. The van der Waals surface area contributed by atoms with Gasteiger partial charge in [0.05, 0.1) is 6.54 Å². The van der Waals surface area contributed by atoms with E-state index in [0.717, 1.165) is 30.5 Å². The monoisotopic (exact) mass is 384 g/mol. The molecule has 0 heterocycles. The first-order chi connectivity index (χ1) is 13.6. The summed E-state index contributed by atoms with van der Waals surface area (Å²) in [6, 6.07) is 14.0. The van der Waals surface area contributed by atoms with Gasteiger partial charge >= 0.3 is 0 Å². The topological polar surface area (TPSA) is 65.5 Å². The second-order valence-electron chi connectivity index (χ2n) is 6.45. The molecule has 28 heavy (non-hydrogen) atoms. The van der Waals surface area contributed by atoms with Crippen molar-refractivity contribution in [3.8, 4) is 0 Å². The van der Waals surface area contributed by atoms with Crippen molar-refractivity contribution in [2.75, 3.05) is 19.6 Å². The molecule has 0 aromatic heterocycles. The Balaban J connectivity index is 1.92. The number of halogens is 1. The summed E-state index contributed by atoms with van der Waals surface area (Å²) in [5.41, 5.74) is 2.69. The van der Waals surface area contributed by atoms with E-state index in [1.165, 1.54) is 12.1 Å². The minimum Gasteiger partial charge on any atom is -0.357 e. The fraction of sp³-hybridized carbons (Fsp3) is 0.364. The van der Waals surface area contributed by atoms with Crippen LogP contribution in [-0.4, -0.2) is 31.5 Å². The summed E-state index contributed by atoms with van der Waals surface area (Å²) in [4.78, 5) is 16.7. The Labute approximate surface area is 166 Å². The first-order valence-electron chi connectivity index (χ1n) is 9.76. The highest BCUT2D eigenvalue weighted by Crippen LogP contribution is 2.07. The SMILES string of the molecule is CCCNC(=O)c1cccc(CN=C(NCC)NCCc2ccc(F)cc2)c1. The molecule has 150 valence electrons. The molecule has 0 unspecified atom stereocenters. The van der Waals surface area contributed by atoms with Crippen molar-refractivity contribution in [3.05, 3.63) is 71.0 Å². The van der Waals surface area contributed by atoms with Crippen LogP contribution in [0, 0.1) is 5.82 Å². The number of nitrogens with one attached hydrogen (secondary N) is 3. The molecule has 3 N–H and O–H groups in total. The smallest absolute Gasteiger partial charge is 0.251 e. The Bertz CT molecular complexity index is 774. The van der Waals surface area contributed by atoms with Gasteiger partial charge in [-0.1, -0.05) is 31.2 Å². The molecule has 0 saturated carbocycles. The Kier molecular flexibility index (Phi) is 8.98. The lowest BCUT2D eigenvalue weighted by Gasteiger charge is -2.11. The van der Waals surface area contributed by atoms with Gasteiger partial charge in [0.1, 0.15) is 5.82 Å². The van der Waals surface area contributed by atoms with Crippen LogP contribution in [0.5, 0.6) is 0 Å². The molecule has 2 aromatic rings. The van der Waals surface area contributed by atoms with E-state index in [4.69, 9.17) is 0 Å². The molecule has 6 heteroatoms. The van der Waals surface area contributed by atoms with Crippen LogP contribution in [-0.2, 0) is 13.0 Å².